The Morgan fingerprint density at radius 1 is 1.00 bits per heavy atom. The van der Waals surface area contributed by atoms with Gasteiger partial charge in [0.1, 0.15) is 6.10 Å². The van der Waals surface area contributed by atoms with Crippen LogP contribution in [0, 0.1) is 0 Å². The molecule has 2 aromatic carbocycles. The molecule has 2 aromatic rings. The largest absolute Gasteiger partial charge is 0.386 e. The molecule has 132 valence electrons. The summed E-state index contributed by atoms with van der Waals surface area (Å²) in [7, 11) is 0. The Morgan fingerprint density at radius 2 is 1.52 bits per heavy atom. The number of benzene rings is 2. The third-order valence-electron chi connectivity index (χ3n) is 4.33. The van der Waals surface area contributed by atoms with Gasteiger partial charge < -0.3 is 15.7 Å². The second kappa shape index (κ2) is 7.19. The van der Waals surface area contributed by atoms with Crippen molar-refractivity contribution in [3.63, 3.8) is 0 Å². The second-order valence-electron chi connectivity index (χ2n) is 6.32. The Kier molecular flexibility index (Phi) is 4.99. The summed E-state index contributed by atoms with van der Waals surface area (Å²) in [5, 5.41) is 16.0. The molecule has 1 saturated carbocycles. The number of aliphatic hydroxyl groups excluding tert-OH is 1. The standard InChI is InChI=1S/C19H20F2N2O2/c20-19(21)11-15(12-19)22-18(25)23-16(13-7-3-1-4-8-13)17(24)14-9-5-2-6-10-14/h1-10,15-17,24H,11-12H2,(H2,22,23,25)/t16-,17+/m1/s1. The zero-order valence-corrected chi connectivity index (χ0v) is 13.5. The zero-order chi connectivity index (χ0) is 17.9. The van der Waals surface area contributed by atoms with E-state index in [-0.39, 0.29) is 12.8 Å². The Labute approximate surface area is 144 Å². The number of halogens is 2. The summed E-state index contributed by atoms with van der Waals surface area (Å²) >= 11 is 0. The van der Waals surface area contributed by atoms with Gasteiger partial charge in [-0.05, 0) is 11.1 Å². The highest BCUT2D eigenvalue weighted by Gasteiger charge is 2.46. The Balaban J connectivity index is 1.72. The number of carbonyl (C=O) groups excluding carboxylic acids is 1. The topological polar surface area (TPSA) is 61.4 Å². The van der Waals surface area contributed by atoms with Crippen LogP contribution in [0.5, 0.6) is 0 Å². The molecule has 0 saturated heterocycles. The van der Waals surface area contributed by atoms with Gasteiger partial charge in [-0.3, -0.25) is 0 Å². The molecule has 0 bridgehead atoms. The van der Waals surface area contributed by atoms with E-state index in [2.05, 4.69) is 10.6 Å². The molecule has 0 radical (unpaired) electrons. The number of urea groups is 1. The highest BCUT2D eigenvalue weighted by Crippen LogP contribution is 2.37. The molecule has 1 aliphatic carbocycles. The minimum absolute atomic E-state index is 0.350. The van der Waals surface area contributed by atoms with Gasteiger partial charge in [0.15, 0.2) is 0 Å². The summed E-state index contributed by atoms with van der Waals surface area (Å²) < 4.78 is 25.8. The van der Waals surface area contributed by atoms with Crippen molar-refractivity contribution in [2.75, 3.05) is 0 Å². The Morgan fingerprint density at radius 3 is 2.04 bits per heavy atom. The highest BCUT2D eigenvalue weighted by molar-refractivity contribution is 5.75. The summed E-state index contributed by atoms with van der Waals surface area (Å²) in [5.74, 6) is -2.69. The quantitative estimate of drug-likeness (QED) is 0.775. The number of hydrogen-bond acceptors (Lipinski definition) is 2. The van der Waals surface area contributed by atoms with Crippen LogP contribution in [0.1, 0.15) is 36.1 Å². The average Bonchev–Trinajstić information content (AvgIpc) is 2.59. The van der Waals surface area contributed by atoms with Gasteiger partial charge in [-0.25, -0.2) is 13.6 Å². The highest BCUT2D eigenvalue weighted by atomic mass is 19.3. The minimum Gasteiger partial charge on any atom is -0.386 e. The third kappa shape index (κ3) is 4.33. The first-order chi connectivity index (χ1) is 11.9. The number of nitrogens with one attached hydrogen (secondary N) is 2. The van der Waals surface area contributed by atoms with Crippen molar-refractivity contribution in [3.8, 4) is 0 Å². The van der Waals surface area contributed by atoms with Crippen LogP contribution in [0.3, 0.4) is 0 Å². The molecule has 0 aliphatic heterocycles. The predicted octanol–water partition coefficient (Wildman–Crippen LogP) is 3.56. The molecule has 2 atom stereocenters. The molecule has 6 heteroatoms. The lowest BCUT2D eigenvalue weighted by atomic mass is 9.88. The maximum absolute atomic E-state index is 12.9. The van der Waals surface area contributed by atoms with Gasteiger partial charge in [-0.1, -0.05) is 60.7 Å². The lowest BCUT2D eigenvalue weighted by Crippen LogP contribution is -2.53. The van der Waals surface area contributed by atoms with Crippen molar-refractivity contribution >= 4 is 6.03 Å². The number of aliphatic hydroxyl groups is 1. The van der Waals surface area contributed by atoms with E-state index in [1.807, 2.05) is 24.3 Å². The van der Waals surface area contributed by atoms with Crippen molar-refractivity contribution < 1.29 is 18.7 Å². The molecule has 3 N–H and O–H groups in total. The maximum Gasteiger partial charge on any atom is 0.315 e. The fourth-order valence-electron chi connectivity index (χ4n) is 2.98. The van der Waals surface area contributed by atoms with E-state index in [1.54, 1.807) is 36.4 Å². The number of carbonyl (C=O) groups is 1. The van der Waals surface area contributed by atoms with Crippen LogP contribution in [0.25, 0.3) is 0 Å². The van der Waals surface area contributed by atoms with Gasteiger partial charge in [0.25, 0.3) is 5.92 Å². The molecule has 0 heterocycles. The molecule has 0 unspecified atom stereocenters. The SMILES string of the molecule is O=C(NC1CC(F)(F)C1)N[C@H](c1ccccc1)[C@@H](O)c1ccccc1. The van der Waals surface area contributed by atoms with Crippen LogP contribution in [-0.2, 0) is 0 Å². The van der Waals surface area contributed by atoms with E-state index in [0.717, 1.165) is 5.56 Å². The number of amides is 2. The molecule has 1 aliphatic rings. The summed E-state index contributed by atoms with van der Waals surface area (Å²) in [5.41, 5.74) is 1.39. The van der Waals surface area contributed by atoms with Crippen LogP contribution in [0.2, 0.25) is 0 Å². The van der Waals surface area contributed by atoms with Crippen LogP contribution < -0.4 is 10.6 Å². The monoisotopic (exact) mass is 346 g/mol. The first-order valence-electron chi connectivity index (χ1n) is 8.17. The van der Waals surface area contributed by atoms with Gasteiger partial charge in [-0.2, -0.15) is 0 Å². The fourth-order valence-corrected chi connectivity index (χ4v) is 2.98. The number of hydrogen-bond donors (Lipinski definition) is 3. The normalized spacial score (nSPS) is 18.7. The van der Waals surface area contributed by atoms with Gasteiger partial charge in [-0.15, -0.1) is 0 Å². The smallest absolute Gasteiger partial charge is 0.315 e. The minimum atomic E-state index is -2.69. The molecule has 1 fully saturated rings. The first-order valence-corrected chi connectivity index (χ1v) is 8.17. The molecule has 4 nitrogen and oxygen atoms in total. The van der Waals surface area contributed by atoms with Crippen LogP contribution in [0.4, 0.5) is 13.6 Å². The predicted molar refractivity (Wildman–Crippen MR) is 90.2 cm³/mol. The van der Waals surface area contributed by atoms with Crippen molar-refractivity contribution in [1.82, 2.24) is 10.6 Å². The van der Waals surface area contributed by atoms with Crippen molar-refractivity contribution in [3.05, 3.63) is 71.8 Å². The molecule has 2 amide bonds. The molecule has 25 heavy (non-hydrogen) atoms. The van der Waals surface area contributed by atoms with E-state index in [9.17, 15) is 18.7 Å². The van der Waals surface area contributed by atoms with Crippen LogP contribution in [0.15, 0.2) is 60.7 Å². The zero-order valence-electron chi connectivity index (χ0n) is 13.5. The van der Waals surface area contributed by atoms with Crippen molar-refractivity contribution in [1.29, 1.82) is 0 Å². The van der Waals surface area contributed by atoms with E-state index >= 15 is 0 Å². The number of alkyl halides is 2. The summed E-state index contributed by atoms with van der Waals surface area (Å²) in [6, 6.07) is 16.2. The van der Waals surface area contributed by atoms with E-state index in [4.69, 9.17) is 0 Å². The summed E-state index contributed by atoms with van der Waals surface area (Å²) in [4.78, 5) is 12.2. The molecular formula is C19H20F2N2O2. The lowest BCUT2D eigenvalue weighted by molar-refractivity contribution is -0.0897. The lowest BCUT2D eigenvalue weighted by Gasteiger charge is -2.36. The molecule has 3 rings (SSSR count). The number of rotatable bonds is 5. The maximum atomic E-state index is 12.9. The third-order valence-corrected chi connectivity index (χ3v) is 4.33. The van der Waals surface area contributed by atoms with Crippen LogP contribution >= 0.6 is 0 Å². The Hall–Kier alpha value is -2.47. The van der Waals surface area contributed by atoms with Crippen molar-refractivity contribution in [2.45, 2.75) is 37.0 Å². The van der Waals surface area contributed by atoms with Gasteiger partial charge in [0.05, 0.1) is 6.04 Å². The van der Waals surface area contributed by atoms with Gasteiger partial charge >= 0.3 is 6.03 Å². The van der Waals surface area contributed by atoms with Crippen LogP contribution in [-0.4, -0.2) is 23.1 Å². The van der Waals surface area contributed by atoms with E-state index in [0.29, 0.717) is 5.56 Å². The molecule has 0 aromatic heterocycles. The van der Waals surface area contributed by atoms with Gasteiger partial charge in [0, 0.05) is 18.9 Å². The first kappa shape index (κ1) is 17.4. The van der Waals surface area contributed by atoms with Crippen molar-refractivity contribution in [2.24, 2.45) is 0 Å². The fraction of sp³-hybridized carbons (Fsp3) is 0.316. The Bertz CT molecular complexity index is 702. The second-order valence-corrected chi connectivity index (χ2v) is 6.32. The average molecular weight is 346 g/mol. The summed E-state index contributed by atoms with van der Waals surface area (Å²) in [6.45, 7) is 0. The van der Waals surface area contributed by atoms with Gasteiger partial charge in [0.2, 0.25) is 0 Å². The summed E-state index contributed by atoms with van der Waals surface area (Å²) in [6.07, 6.45) is -1.66. The van der Waals surface area contributed by atoms with E-state index in [1.165, 1.54) is 0 Å². The van der Waals surface area contributed by atoms with E-state index < -0.39 is 30.1 Å². The molecule has 0 spiro atoms. The molecular weight excluding hydrogens is 326 g/mol.